The lowest BCUT2D eigenvalue weighted by atomic mass is 10.1. The zero-order chi connectivity index (χ0) is 12.8. The van der Waals surface area contributed by atoms with E-state index in [2.05, 4.69) is 27.2 Å². The smallest absolute Gasteiger partial charge is 0.151 e. The molecular weight excluding hydrogens is 226 g/mol. The van der Waals surface area contributed by atoms with Crippen molar-refractivity contribution in [3.63, 3.8) is 0 Å². The Morgan fingerprint density at radius 3 is 3.11 bits per heavy atom. The summed E-state index contributed by atoms with van der Waals surface area (Å²) < 4.78 is 1.77. The predicted octanol–water partition coefficient (Wildman–Crippen LogP) is 0.822. The van der Waals surface area contributed by atoms with E-state index in [0.29, 0.717) is 6.04 Å². The van der Waals surface area contributed by atoms with E-state index < -0.39 is 0 Å². The zero-order valence-electron chi connectivity index (χ0n) is 11.6. The molecule has 0 aromatic carbocycles. The van der Waals surface area contributed by atoms with E-state index in [9.17, 15) is 0 Å². The third-order valence-electron chi connectivity index (χ3n) is 3.49. The second-order valence-corrected chi connectivity index (χ2v) is 5.18. The Hall–Kier alpha value is -0.940. The fraction of sp³-hybridized carbons (Fsp3) is 0.846. The van der Waals surface area contributed by atoms with Gasteiger partial charge in [-0.25, -0.2) is 4.98 Å². The molecule has 2 rings (SSSR count). The summed E-state index contributed by atoms with van der Waals surface area (Å²) in [5.74, 6) is 0.959. The number of nitrogens with zero attached hydrogens (tertiary/aromatic N) is 4. The van der Waals surface area contributed by atoms with E-state index in [0.717, 1.165) is 25.3 Å². The van der Waals surface area contributed by atoms with Crippen LogP contribution in [0, 0.1) is 0 Å². The zero-order valence-corrected chi connectivity index (χ0v) is 11.6. The third-order valence-corrected chi connectivity index (χ3v) is 3.49. The van der Waals surface area contributed by atoms with Gasteiger partial charge in [0.25, 0.3) is 0 Å². The maximum atomic E-state index is 4.33. The van der Waals surface area contributed by atoms with Gasteiger partial charge in [-0.2, -0.15) is 5.10 Å². The van der Waals surface area contributed by atoms with Crippen molar-refractivity contribution in [3.05, 3.63) is 12.2 Å². The number of aromatic nitrogens is 3. The van der Waals surface area contributed by atoms with Gasteiger partial charge in [-0.05, 0) is 32.4 Å². The normalized spacial score (nSPS) is 21.3. The second-order valence-electron chi connectivity index (χ2n) is 5.18. The molecule has 0 bridgehead atoms. The first-order chi connectivity index (χ1) is 8.78. The highest BCUT2D eigenvalue weighted by Crippen LogP contribution is 2.10. The maximum Gasteiger partial charge on any atom is 0.151 e. The number of piperidine rings is 1. The van der Waals surface area contributed by atoms with Crippen LogP contribution in [0.4, 0.5) is 0 Å². The molecule has 5 nitrogen and oxygen atoms in total. The highest BCUT2D eigenvalue weighted by atomic mass is 15.3. The lowest BCUT2D eigenvalue weighted by Crippen LogP contribution is -2.46. The molecule has 102 valence electrons. The first kappa shape index (κ1) is 13.5. The van der Waals surface area contributed by atoms with Crippen LogP contribution in [0.1, 0.15) is 32.0 Å². The Balaban J connectivity index is 1.72. The molecule has 1 fully saturated rings. The van der Waals surface area contributed by atoms with Gasteiger partial charge in [-0.15, -0.1) is 0 Å². The number of nitrogens with one attached hydrogen (secondary N) is 1. The first-order valence-corrected chi connectivity index (χ1v) is 7.08. The monoisotopic (exact) mass is 251 g/mol. The largest absolute Gasteiger partial charge is 0.313 e. The summed E-state index contributed by atoms with van der Waals surface area (Å²) in [6.45, 7) is 6.83. The van der Waals surface area contributed by atoms with Crippen molar-refractivity contribution < 1.29 is 0 Å². The van der Waals surface area contributed by atoms with Crippen molar-refractivity contribution in [2.24, 2.45) is 7.05 Å². The van der Waals surface area contributed by atoms with Crippen LogP contribution in [-0.4, -0.2) is 51.9 Å². The first-order valence-electron chi connectivity index (χ1n) is 7.08. The van der Waals surface area contributed by atoms with Crippen LogP contribution >= 0.6 is 0 Å². The van der Waals surface area contributed by atoms with Gasteiger partial charge in [-0.1, -0.05) is 6.92 Å². The quantitative estimate of drug-likeness (QED) is 0.813. The summed E-state index contributed by atoms with van der Waals surface area (Å²) in [5, 5.41) is 7.95. The van der Waals surface area contributed by atoms with Crippen LogP contribution in [0.25, 0.3) is 0 Å². The van der Waals surface area contributed by atoms with E-state index in [4.69, 9.17) is 0 Å². The summed E-state index contributed by atoms with van der Waals surface area (Å²) in [6.07, 6.45) is 6.57. The van der Waals surface area contributed by atoms with Crippen molar-refractivity contribution in [1.29, 1.82) is 0 Å². The van der Waals surface area contributed by atoms with Gasteiger partial charge < -0.3 is 10.2 Å². The maximum absolute atomic E-state index is 4.33. The fourth-order valence-electron chi connectivity index (χ4n) is 2.53. The van der Waals surface area contributed by atoms with Gasteiger partial charge >= 0.3 is 0 Å². The van der Waals surface area contributed by atoms with E-state index in [1.807, 2.05) is 7.05 Å². The molecule has 0 amide bonds. The number of likely N-dealkylation sites (tertiary alicyclic amines) is 1. The number of rotatable bonds is 6. The van der Waals surface area contributed by atoms with Gasteiger partial charge in [0.05, 0.1) is 0 Å². The molecule has 1 aromatic heterocycles. The summed E-state index contributed by atoms with van der Waals surface area (Å²) in [6, 6.07) is 0.676. The molecule has 0 aliphatic carbocycles. The lowest BCUT2D eigenvalue weighted by molar-refractivity contribution is 0.192. The summed E-state index contributed by atoms with van der Waals surface area (Å²) in [5.41, 5.74) is 0. The second kappa shape index (κ2) is 6.85. The Bertz CT molecular complexity index is 349. The van der Waals surface area contributed by atoms with E-state index >= 15 is 0 Å². The third kappa shape index (κ3) is 4.07. The summed E-state index contributed by atoms with van der Waals surface area (Å²) in [7, 11) is 1.92. The molecule has 1 aliphatic rings. The molecular formula is C13H25N5. The molecule has 2 heterocycles. The average Bonchev–Trinajstić information content (AvgIpc) is 2.80. The van der Waals surface area contributed by atoms with Crippen LogP contribution < -0.4 is 5.32 Å². The van der Waals surface area contributed by atoms with E-state index in [1.165, 1.54) is 32.4 Å². The molecule has 0 saturated carbocycles. The Labute approximate surface area is 110 Å². The van der Waals surface area contributed by atoms with Crippen molar-refractivity contribution in [2.75, 3.05) is 26.2 Å². The average molecular weight is 251 g/mol. The van der Waals surface area contributed by atoms with Gasteiger partial charge in [0, 0.05) is 32.6 Å². The van der Waals surface area contributed by atoms with Gasteiger partial charge in [0.15, 0.2) is 5.82 Å². The van der Waals surface area contributed by atoms with Crippen LogP contribution in [-0.2, 0) is 13.5 Å². The molecule has 1 aromatic rings. The van der Waals surface area contributed by atoms with Crippen LogP contribution in [0.5, 0.6) is 0 Å². The molecule has 1 aliphatic heterocycles. The minimum absolute atomic E-state index is 0.676. The summed E-state index contributed by atoms with van der Waals surface area (Å²) >= 11 is 0. The minimum atomic E-state index is 0.676. The van der Waals surface area contributed by atoms with Gasteiger partial charge in [-0.3, -0.25) is 4.68 Å². The highest BCUT2D eigenvalue weighted by Gasteiger charge is 2.19. The van der Waals surface area contributed by atoms with Crippen molar-refractivity contribution >= 4 is 0 Å². The molecule has 5 heteroatoms. The van der Waals surface area contributed by atoms with Crippen molar-refractivity contribution in [1.82, 2.24) is 25.0 Å². The molecule has 18 heavy (non-hydrogen) atoms. The molecule has 1 atom stereocenters. The standard InChI is InChI=1S/C13H25N5/c1-3-7-14-12-5-4-8-18(10-12)9-6-13-15-11-17(2)16-13/h11-12,14H,3-10H2,1-2H3. The number of hydrogen-bond acceptors (Lipinski definition) is 4. The number of aryl methyl sites for hydroxylation is 1. The number of hydrogen-bond donors (Lipinski definition) is 1. The van der Waals surface area contributed by atoms with Gasteiger partial charge in [0.2, 0.25) is 0 Å². The van der Waals surface area contributed by atoms with Crippen molar-refractivity contribution in [3.8, 4) is 0 Å². The molecule has 0 radical (unpaired) electrons. The van der Waals surface area contributed by atoms with Crippen LogP contribution in [0.2, 0.25) is 0 Å². The van der Waals surface area contributed by atoms with Gasteiger partial charge in [0.1, 0.15) is 6.33 Å². The van der Waals surface area contributed by atoms with E-state index in [-0.39, 0.29) is 0 Å². The fourth-order valence-corrected chi connectivity index (χ4v) is 2.53. The summed E-state index contributed by atoms with van der Waals surface area (Å²) in [4.78, 5) is 6.81. The van der Waals surface area contributed by atoms with Crippen molar-refractivity contribution in [2.45, 2.75) is 38.6 Å². The van der Waals surface area contributed by atoms with Crippen LogP contribution in [0.15, 0.2) is 6.33 Å². The molecule has 0 spiro atoms. The molecule has 1 unspecified atom stereocenters. The minimum Gasteiger partial charge on any atom is -0.313 e. The van der Waals surface area contributed by atoms with E-state index in [1.54, 1.807) is 11.0 Å². The highest BCUT2D eigenvalue weighted by molar-refractivity contribution is 4.85. The lowest BCUT2D eigenvalue weighted by Gasteiger charge is -2.33. The Kier molecular flexibility index (Phi) is 5.13. The Morgan fingerprint density at radius 1 is 1.50 bits per heavy atom. The van der Waals surface area contributed by atoms with Crippen LogP contribution in [0.3, 0.4) is 0 Å². The molecule has 1 N–H and O–H groups in total. The topological polar surface area (TPSA) is 46.0 Å². The predicted molar refractivity (Wildman–Crippen MR) is 72.5 cm³/mol. The molecule has 1 saturated heterocycles. The Morgan fingerprint density at radius 2 is 2.39 bits per heavy atom. The SMILES string of the molecule is CCCNC1CCCN(CCc2ncn(C)n2)C1.